The Labute approximate surface area is 122 Å². The lowest BCUT2D eigenvalue weighted by molar-refractivity contribution is 0.0408. The van der Waals surface area contributed by atoms with E-state index in [9.17, 15) is 4.79 Å². The Kier molecular flexibility index (Phi) is 3.93. The molecule has 1 amide bonds. The van der Waals surface area contributed by atoms with Crippen LogP contribution in [0.5, 0.6) is 0 Å². The highest BCUT2D eigenvalue weighted by molar-refractivity contribution is 5.70. The molecule has 3 rings (SSSR count). The normalized spacial score (nSPS) is 41.7. The third kappa shape index (κ3) is 2.43. The molecule has 3 aliphatic rings. The van der Waals surface area contributed by atoms with Gasteiger partial charge in [0.1, 0.15) is 6.61 Å². The average Bonchev–Trinajstić information content (AvgIpc) is 2.81. The Hall–Kier alpha value is -0.770. The summed E-state index contributed by atoms with van der Waals surface area (Å²) in [5, 5.41) is 3.77. The SMILES string of the molecule is CC(C)[C@H]1COC(=O)N1C1C[C@H](C)[C@@H]2CCCC[C@@H]2N1. The van der Waals surface area contributed by atoms with Gasteiger partial charge in [-0.1, -0.05) is 33.6 Å². The van der Waals surface area contributed by atoms with E-state index in [0.717, 1.165) is 12.3 Å². The molecule has 1 N–H and O–H groups in total. The van der Waals surface area contributed by atoms with Crippen LogP contribution in [0.25, 0.3) is 0 Å². The second kappa shape index (κ2) is 5.55. The molecular weight excluding hydrogens is 252 g/mol. The topological polar surface area (TPSA) is 41.6 Å². The molecule has 0 aromatic carbocycles. The molecule has 3 fully saturated rings. The minimum absolute atomic E-state index is 0.123. The lowest BCUT2D eigenvalue weighted by atomic mass is 9.72. The maximum Gasteiger partial charge on any atom is 0.411 e. The summed E-state index contributed by atoms with van der Waals surface area (Å²) in [6.45, 7) is 7.27. The maximum absolute atomic E-state index is 12.1. The number of cyclic esters (lactones) is 1. The summed E-state index contributed by atoms with van der Waals surface area (Å²) >= 11 is 0. The minimum Gasteiger partial charge on any atom is -0.447 e. The molecule has 0 spiro atoms. The number of ether oxygens (including phenoxy) is 1. The highest BCUT2D eigenvalue weighted by Gasteiger charge is 2.45. The van der Waals surface area contributed by atoms with Crippen LogP contribution in [0.15, 0.2) is 0 Å². The van der Waals surface area contributed by atoms with Gasteiger partial charge in [-0.05, 0) is 37.0 Å². The van der Waals surface area contributed by atoms with Crippen molar-refractivity contribution >= 4 is 6.09 Å². The van der Waals surface area contributed by atoms with Crippen molar-refractivity contribution in [3.05, 3.63) is 0 Å². The molecule has 2 aliphatic heterocycles. The smallest absolute Gasteiger partial charge is 0.411 e. The van der Waals surface area contributed by atoms with E-state index in [0.29, 0.717) is 24.5 Å². The van der Waals surface area contributed by atoms with E-state index in [1.165, 1.54) is 25.7 Å². The Bertz CT molecular complexity index is 371. The predicted octanol–water partition coefficient (Wildman–Crippen LogP) is 2.98. The van der Waals surface area contributed by atoms with Crippen LogP contribution in [0.3, 0.4) is 0 Å². The van der Waals surface area contributed by atoms with Crippen molar-refractivity contribution in [1.82, 2.24) is 10.2 Å². The number of amides is 1. The molecule has 0 aromatic heterocycles. The molecule has 0 aromatic rings. The van der Waals surface area contributed by atoms with E-state index in [1.54, 1.807) is 0 Å². The zero-order valence-corrected chi connectivity index (χ0v) is 13.0. The van der Waals surface area contributed by atoms with Gasteiger partial charge in [-0.2, -0.15) is 0 Å². The van der Waals surface area contributed by atoms with Crippen molar-refractivity contribution in [2.45, 2.75) is 71.1 Å². The number of hydrogen-bond donors (Lipinski definition) is 1. The molecule has 20 heavy (non-hydrogen) atoms. The molecular formula is C16H28N2O2. The van der Waals surface area contributed by atoms with Crippen LogP contribution in [0, 0.1) is 17.8 Å². The highest BCUT2D eigenvalue weighted by Crippen LogP contribution is 2.38. The van der Waals surface area contributed by atoms with E-state index in [4.69, 9.17) is 4.74 Å². The molecule has 5 atom stereocenters. The molecule has 4 heteroatoms. The maximum atomic E-state index is 12.1. The Morgan fingerprint density at radius 3 is 2.80 bits per heavy atom. The Morgan fingerprint density at radius 1 is 1.30 bits per heavy atom. The molecule has 4 nitrogen and oxygen atoms in total. The van der Waals surface area contributed by atoms with Crippen LogP contribution in [0.2, 0.25) is 0 Å². The quantitative estimate of drug-likeness (QED) is 0.845. The van der Waals surface area contributed by atoms with Gasteiger partial charge < -0.3 is 4.74 Å². The number of nitrogens with one attached hydrogen (secondary N) is 1. The first-order valence-corrected chi connectivity index (χ1v) is 8.29. The van der Waals surface area contributed by atoms with E-state index in [-0.39, 0.29) is 18.3 Å². The van der Waals surface area contributed by atoms with Gasteiger partial charge in [0.2, 0.25) is 0 Å². The van der Waals surface area contributed by atoms with Gasteiger partial charge in [0.25, 0.3) is 0 Å². The summed E-state index contributed by atoms with van der Waals surface area (Å²) in [5.41, 5.74) is 0. The van der Waals surface area contributed by atoms with Crippen molar-refractivity contribution in [3.8, 4) is 0 Å². The van der Waals surface area contributed by atoms with E-state index >= 15 is 0 Å². The number of carbonyl (C=O) groups is 1. The Balaban J connectivity index is 1.74. The van der Waals surface area contributed by atoms with Gasteiger partial charge in [-0.25, -0.2) is 4.79 Å². The zero-order chi connectivity index (χ0) is 14.3. The highest BCUT2D eigenvalue weighted by atomic mass is 16.6. The molecule has 114 valence electrons. The van der Waals surface area contributed by atoms with Crippen LogP contribution in [0.1, 0.15) is 52.9 Å². The van der Waals surface area contributed by atoms with E-state index < -0.39 is 0 Å². The fourth-order valence-corrected chi connectivity index (χ4v) is 4.40. The van der Waals surface area contributed by atoms with Crippen LogP contribution < -0.4 is 5.32 Å². The summed E-state index contributed by atoms with van der Waals surface area (Å²) in [5.74, 6) is 1.95. The monoisotopic (exact) mass is 280 g/mol. The standard InChI is InChI=1S/C16H28N2O2/c1-10(2)14-9-20-16(19)18(14)15-8-11(3)12-6-4-5-7-13(12)17-15/h10-15,17H,4-9H2,1-3H3/t11-,12-,13-,14+,15?/m0/s1. The fraction of sp³-hybridized carbons (Fsp3) is 0.938. The largest absolute Gasteiger partial charge is 0.447 e. The van der Waals surface area contributed by atoms with E-state index in [1.807, 2.05) is 4.90 Å². The summed E-state index contributed by atoms with van der Waals surface area (Å²) < 4.78 is 5.31. The molecule has 2 heterocycles. The first-order valence-electron chi connectivity index (χ1n) is 8.29. The van der Waals surface area contributed by atoms with Crippen LogP contribution in [-0.4, -0.2) is 35.8 Å². The van der Waals surface area contributed by atoms with Gasteiger partial charge in [0.15, 0.2) is 0 Å². The third-order valence-electron chi connectivity index (χ3n) is 5.60. The minimum atomic E-state index is -0.123. The molecule has 1 saturated carbocycles. The van der Waals surface area contributed by atoms with Crippen molar-refractivity contribution in [2.75, 3.05) is 6.61 Å². The van der Waals surface area contributed by atoms with Gasteiger partial charge in [0.05, 0.1) is 12.2 Å². The number of piperidine rings is 1. The van der Waals surface area contributed by atoms with E-state index in [2.05, 4.69) is 26.1 Å². The lowest BCUT2D eigenvalue weighted by Crippen LogP contribution is -2.61. The van der Waals surface area contributed by atoms with Gasteiger partial charge >= 0.3 is 6.09 Å². The zero-order valence-electron chi connectivity index (χ0n) is 13.0. The van der Waals surface area contributed by atoms with Gasteiger partial charge in [-0.15, -0.1) is 0 Å². The summed E-state index contributed by atoms with van der Waals surface area (Å²) in [4.78, 5) is 14.1. The number of hydrogen-bond acceptors (Lipinski definition) is 3. The number of fused-ring (bicyclic) bond motifs is 1. The average molecular weight is 280 g/mol. The summed E-state index contributed by atoms with van der Waals surface area (Å²) in [6.07, 6.45) is 6.43. The van der Waals surface area contributed by atoms with Crippen molar-refractivity contribution in [3.63, 3.8) is 0 Å². The molecule has 1 unspecified atom stereocenters. The molecule has 0 radical (unpaired) electrons. The predicted molar refractivity (Wildman–Crippen MR) is 78.3 cm³/mol. The second-order valence-electron chi connectivity index (χ2n) is 7.25. The summed E-state index contributed by atoms with van der Waals surface area (Å²) in [7, 11) is 0. The number of carbonyl (C=O) groups excluding carboxylic acids is 1. The van der Waals surface area contributed by atoms with Gasteiger partial charge in [-0.3, -0.25) is 10.2 Å². The van der Waals surface area contributed by atoms with Crippen molar-refractivity contribution in [2.24, 2.45) is 17.8 Å². The van der Waals surface area contributed by atoms with Crippen molar-refractivity contribution < 1.29 is 9.53 Å². The molecule has 0 bridgehead atoms. The number of nitrogens with zero attached hydrogens (tertiary/aromatic N) is 1. The summed E-state index contributed by atoms with van der Waals surface area (Å²) in [6, 6.07) is 0.825. The van der Waals surface area contributed by atoms with Gasteiger partial charge in [0, 0.05) is 6.04 Å². The van der Waals surface area contributed by atoms with Crippen LogP contribution in [0.4, 0.5) is 4.79 Å². The van der Waals surface area contributed by atoms with Crippen molar-refractivity contribution in [1.29, 1.82) is 0 Å². The fourth-order valence-electron chi connectivity index (χ4n) is 4.40. The van der Waals surface area contributed by atoms with Crippen LogP contribution >= 0.6 is 0 Å². The number of rotatable bonds is 2. The second-order valence-corrected chi connectivity index (χ2v) is 7.25. The molecule has 1 aliphatic carbocycles. The third-order valence-corrected chi connectivity index (χ3v) is 5.60. The lowest BCUT2D eigenvalue weighted by Gasteiger charge is -2.47. The Morgan fingerprint density at radius 2 is 2.05 bits per heavy atom. The van der Waals surface area contributed by atoms with Crippen LogP contribution in [-0.2, 0) is 4.74 Å². The first kappa shape index (κ1) is 14.2. The first-order chi connectivity index (χ1) is 9.58. The molecule has 2 saturated heterocycles.